The molecule has 1 aromatic rings. The van der Waals surface area contributed by atoms with Crippen LogP contribution in [-0.4, -0.2) is 5.97 Å². The smallest absolute Gasteiger partial charge is 0.315 e. The molecular weight excluding hydrogens is 280 g/mol. The van der Waals surface area contributed by atoms with Gasteiger partial charge >= 0.3 is 5.97 Å². The summed E-state index contributed by atoms with van der Waals surface area (Å²) in [7, 11) is 0. The Morgan fingerprint density at radius 3 is 2.82 bits per heavy atom. The van der Waals surface area contributed by atoms with Crippen LogP contribution in [0.5, 0.6) is 5.75 Å². The number of hydrogen-bond donors (Lipinski definition) is 0. The Bertz CT molecular complexity index is 533. The molecule has 0 radical (unpaired) electrons. The molecule has 88 valence electrons. The third kappa shape index (κ3) is 1.64. The van der Waals surface area contributed by atoms with Gasteiger partial charge < -0.3 is 4.74 Å². The van der Waals surface area contributed by atoms with E-state index in [1.54, 1.807) is 0 Å². The predicted octanol–water partition coefficient (Wildman–Crippen LogP) is 3.73. The predicted molar refractivity (Wildman–Crippen MR) is 69.1 cm³/mol. The Morgan fingerprint density at radius 2 is 2.06 bits per heavy atom. The van der Waals surface area contributed by atoms with Crippen LogP contribution in [0.3, 0.4) is 0 Å². The monoisotopic (exact) mass is 292 g/mol. The highest BCUT2D eigenvalue weighted by Crippen LogP contribution is 2.50. The lowest BCUT2D eigenvalue weighted by Crippen LogP contribution is -2.28. The van der Waals surface area contributed by atoms with Crippen molar-refractivity contribution in [3.63, 3.8) is 0 Å². The summed E-state index contributed by atoms with van der Waals surface area (Å²) >= 11 is 3.47. The number of benzene rings is 1. The van der Waals surface area contributed by atoms with Gasteiger partial charge in [-0.1, -0.05) is 18.2 Å². The normalized spacial score (nSPS) is 26.5. The Hall–Kier alpha value is -1.09. The van der Waals surface area contributed by atoms with Gasteiger partial charge in [0.1, 0.15) is 5.75 Å². The topological polar surface area (TPSA) is 26.3 Å². The molecule has 0 spiro atoms. The average Bonchev–Trinajstić information content (AvgIpc) is 2.63. The number of ether oxygens (including phenoxy) is 1. The van der Waals surface area contributed by atoms with Gasteiger partial charge in [-0.05, 0) is 47.3 Å². The molecule has 0 N–H and O–H groups in total. The van der Waals surface area contributed by atoms with Gasteiger partial charge in [0.15, 0.2) is 0 Å². The van der Waals surface area contributed by atoms with Gasteiger partial charge in [-0.25, -0.2) is 0 Å². The summed E-state index contributed by atoms with van der Waals surface area (Å²) in [5.41, 5.74) is 3.49. The van der Waals surface area contributed by atoms with E-state index in [4.69, 9.17) is 4.74 Å². The highest BCUT2D eigenvalue weighted by atomic mass is 79.9. The zero-order valence-electron chi connectivity index (χ0n) is 9.63. The van der Waals surface area contributed by atoms with E-state index in [1.165, 1.54) is 5.56 Å². The molecule has 0 amide bonds. The number of esters is 1. The van der Waals surface area contributed by atoms with Crippen LogP contribution in [0.2, 0.25) is 0 Å². The molecule has 1 aromatic carbocycles. The molecule has 2 atom stereocenters. The maximum atomic E-state index is 11.9. The molecule has 1 saturated carbocycles. The lowest BCUT2D eigenvalue weighted by atomic mass is 9.85. The van der Waals surface area contributed by atoms with Crippen LogP contribution in [0.4, 0.5) is 0 Å². The molecule has 0 unspecified atom stereocenters. The largest absolute Gasteiger partial charge is 0.425 e. The molecule has 17 heavy (non-hydrogen) atoms. The number of halogens is 1. The summed E-state index contributed by atoms with van der Waals surface area (Å²) in [6, 6.07) is 4.11. The Balaban J connectivity index is 2.17. The molecule has 3 heteroatoms. The molecule has 1 aliphatic carbocycles. The Labute approximate surface area is 109 Å². The van der Waals surface area contributed by atoms with Crippen molar-refractivity contribution in [1.82, 2.24) is 0 Å². The highest BCUT2D eigenvalue weighted by molar-refractivity contribution is 9.10. The minimum Gasteiger partial charge on any atom is -0.425 e. The zero-order chi connectivity index (χ0) is 12.2. The minimum absolute atomic E-state index is 0.0244. The van der Waals surface area contributed by atoms with E-state index in [2.05, 4.69) is 35.5 Å². The second-order valence-corrected chi connectivity index (χ2v) is 5.81. The molecule has 0 aromatic heterocycles. The van der Waals surface area contributed by atoms with Gasteiger partial charge in [-0.3, -0.25) is 4.79 Å². The van der Waals surface area contributed by atoms with Gasteiger partial charge in [0.25, 0.3) is 0 Å². The average molecular weight is 293 g/mol. The van der Waals surface area contributed by atoms with E-state index in [1.807, 2.05) is 6.07 Å². The number of carbonyl (C=O) groups is 1. The van der Waals surface area contributed by atoms with Gasteiger partial charge in [-0.15, -0.1) is 0 Å². The zero-order valence-corrected chi connectivity index (χ0v) is 11.2. The standard InChI is InChI=1S/C14H13BrO2/c1-7-3-9-10-4-8(2)6-12(15)13(10)17-14(16)11(9)5-7/h4,6,9,11H,1,3,5H2,2H3/t9-,11-/m1/s1. The van der Waals surface area contributed by atoms with Crippen LogP contribution in [0, 0.1) is 12.8 Å². The first-order valence-corrected chi connectivity index (χ1v) is 6.54. The quantitative estimate of drug-likeness (QED) is 0.414. The Morgan fingerprint density at radius 1 is 1.35 bits per heavy atom. The summed E-state index contributed by atoms with van der Waals surface area (Å²) in [6.07, 6.45) is 1.68. The van der Waals surface area contributed by atoms with E-state index >= 15 is 0 Å². The Kier molecular flexibility index (Phi) is 2.40. The third-order valence-corrected chi connectivity index (χ3v) is 4.21. The van der Waals surface area contributed by atoms with Crippen molar-refractivity contribution in [2.75, 3.05) is 0 Å². The SMILES string of the molecule is C=C1C[C@@H]2c3cc(C)cc(Br)c3OC(=O)[C@@H]2C1. The van der Waals surface area contributed by atoms with Crippen molar-refractivity contribution in [2.45, 2.75) is 25.7 Å². The van der Waals surface area contributed by atoms with Crippen LogP contribution in [0.1, 0.15) is 29.9 Å². The second-order valence-electron chi connectivity index (χ2n) is 4.96. The molecule has 1 heterocycles. The fraction of sp³-hybridized carbons (Fsp3) is 0.357. The van der Waals surface area contributed by atoms with Crippen LogP contribution in [0.15, 0.2) is 28.8 Å². The van der Waals surface area contributed by atoms with E-state index in [0.29, 0.717) is 5.75 Å². The van der Waals surface area contributed by atoms with Crippen LogP contribution in [0.25, 0.3) is 0 Å². The maximum absolute atomic E-state index is 11.9. The first kappa shape index (κ1) is 11.0. The molecule has 2 nitrogen and oxygen atoms in total. The van der Waals surface area contributed by atoms with E-state index in [-0.39, 0.29) is 17.8 Å². The summed E-state index contributed by atoms with van der Waals surface area (Å²) in [5, 5.41) is 0. The highest BCUT2D eigenvalue weighted by Gasteiger charge is 2.42. The number of fused-ring (bicyclic) bond motifs is 3. The number of carbonyl (C=O) groups excluding carboxylic acids is 1. The van der Waals surface area contributed by atoms with E-state index in [0.717, 1.165) is 28.5 Å². The first-order valence-electron chi connectivity index (χ1n) is 5.74. The lowest BCUT2D eigenvalue weighted by molar-refractivity contribution is -0.140. The van der Waals surface area contributed by atoms with Crippen molar-refractivity contribution in [2.24, 2.45) is 5.92 Å². The van der Waals surface area contributed by atoms with Crippen molar-refractivity contribution in [3.05, 3.63) is 39.9 Å². The van der Waals surface area contributed by atoms with Crippen molar-refractivity contribution < 1.29 is 9.53 Å². The first-order chi connectivity index (χ1) is 8.06. The summed E-state index contributed by atoms with van der Waals surface area (Å²) in [6.45, 7) is 6.07. The number of aryl methyl sites for hydroxylation is 1. The number of hydrogen-bond acceptors (Lipinski definition) is 2. The molecule has 0 saturated heterocycles. The lowest BCUT2D eigenvalue weighted by Gasteiger charge is -2.27. The van der Waals surface area contributed by atoms with E-state index in [9.17, 15) is 4.79 Å². The summed E-state index contributed by atoms with van der Waals surface area (Å²) in [4.78, 5) is 11.9. The fourth-order valence-corrected chi connectivity index (χ4v) is 3.55. The van der Waals surface area contributed by atoms with Crippen LogP contribution in [-0.2, 0) is 4.79 Å². The molecule has 3 rings (SSSR count). The number of rotatable bonds is 0. The van der Waals surface area contributed by atoms with Gasteiger partial charge in [0.05, 0.1) is 10.4 Å². The van der Waals surface area contributed by atoms with Gasteiger partial charge in [-0.2, -0.15) is 0 Å². The third-order valence-electron chi connectivity index (χ3n) is 3.62. The summed E-state index contributed by atoms with van der Waals surface area (Å²) < 4.78 is 6.32. The maximum Gasteiger partial charge on any atom is 0.315 e. The van der Waals surface area contributed by atoms with Crippen molar-refractivity contribution >= 4 is 21.9 Å². The van der Waals surface area contributed by atoms with E-state index < -0.39 is 0 Å². The summed E-state index contributed by atoms with van der Waals surface area (Å²) in [5.74, 6) is 0.834. The van der Waals surface area contributed by atoms with Gasteiger partial charge in [0.2, 0.25) is 0 Å². The molecular formula is C14H13BrO2. The molecule has 0 bridgehead atoms. The van der Waals surface area contributed by atoms with Crippen LogP contribution < -0.4 is 4.74 Å². The minimum atomic E-state index is -0.106. The van der Waals surface area contributed by atoms with Crippen LogP contribution >= 0.6 is 15.9 Å². The molecule has 2 aliphatic rings. The van der Waals surface area contributed by atoms with Crippen molar-refractivity contribution in [3.8, 4) is 5.75 Å². The van der Waals surface area contributed by atoms with Gasteiger partial charge in [0, 0.05) is 11.5 Å². The molecule has 1 aliphatic heterocycles. The second kappa shape index (κ2) is 3.70. The molecule has 1 fully saturated rings. The van der Waals surface area contributed by atoms with Crippen molar-refractivity contribution in [1.29, 1.82) is 0 Å². The fourth-order valence-electron chi connectivity index (χ4n) is 2.88. The number of allylic oxidation sites excluding steroid dienone is 1.